The minimum Gasteiger partial charge on any atom is -0.396 e. The summed E-state index contributed by atoms with van der Waals surface area (Å²) < 4.78 is 0. The third-order valence-corrected chi connectivity index (χ3v) is 3.05. The number of anilines is 1. The van der Waals surface area contributed by atoms with Gasteiger partial charge in [-0.05, 0) is 36.5 Å². The monoisotopic (exact) mass is 219 g/mol. The number of nitrogens with zero attached hydrogens (tertiary/aromatic N) is 1. The lowest BCUT2D eigenvalue weighted by Crippen LogP contribution is -2.25. The first-order valence-electron chi connectivity index (χ1n) is 5.73. The van der Waals surface area contributed by atoms with Crippen LogP contribution in [0.1, 0.15) is 24.5 Å². The second-order valence-electron chi connectivity index (χ2n) is 4.21. The Bertz CT molecular complexity index is 401. The minimum absolute atomic E-state index is 0.109. The maximum Gasteiger partial charge on any atom is 0.223 e. The van der Waals surface area contributed by atoms with E-state index in [9.17, 15) is 4.79 Å². The van der Waals surface area contributed by atoms with Gasteiger partial charge < -0.3 is 10.0 Å². The number of aliphatic hydroxyl groups is 1. The molecule has 0 aliphatic carbocycles. The molecule has 1 aliphatic heterocycles. The fourth-order valence-electron chi connectivity index (χ4n) is 2.19. The molecular formula is C13H17NO2. The maximum atomic E-state index is 11.4. The van der Waals surface area contributed by atoms with E-state index in [1.54, 1.807) is 6.92 Å². The first-order chi connectivity index (χ1) is 7.72. The summed E-state index contributed by atoms with van der Waals surface area (Å²) in [6, 6.07) is 6.28. The summed E-state index contributed by atoms with van der Waals surface area (Å²) in [7, 11) is 0. The molecule has 1 aromatic rings. The van der Waals surface area contributed by atoms with Gasteiger partial charge in [0.05, 0.1) is 0 Å². The zero-order valence-electron chi connectivity index (χ0n) is 9.57. The highest BCUT2D eigenvalue weighted by Crippen LogP contribution is 2.29. The molecule has 0 saturated carbocycles. The predicted molar refractivity (Wildman–Crippen MR) is 63.6 cm³/mol. The van der Waals surface area contributed by atoms with Gasteiger partial charge in [0.1, 0.15) is 0 Å². The second kappa shape index (κ2) is 4.66. The molecule has 86 valence electrons. The highest BCUT2D eigenvalue weighted by atomic mass is 16.2. The topological polar surface area (TPSA) is 40.5 Å². The molecule has 0 bridgehead atoms. The van der Waals surface area contributed by atoms with Gasteiger partial charge in [0.15, 0.2) is 0 Å². The van der Waals surface area contributed by atoms with Gasteiger partial charge in [-0.25, -0.2) is 0 Å². The van der Waals surface area contributed by atoms with Crippen molar-refractivity contribution in [1.29, 1.82) is 0 Å². The summed E-state index contributed by atoms with van der Waals surface area (Å²) in [4.78, 5) is 13.3. The van der Waals surface area contributed by atoms with Gasteiger partial charge in [-0.15, -0.1) is 0 Å². The van der Waals surface area contributed by atoms with Gasteiger partial charge in [0, 0.05) is 25.8 Å². The molecule has 16 heavy (non-hydrogen) atoms. The number of fused-ring (bicyclic) bond motifs is 1. The number of benzene rings is 1. The quantitative estimate of drug-likeness (QED) is 0.837. The number of rotatable bonds is 3. The fourth-order valence-corrected chi connectivity index (χ4v) is 2.19. The molecule has 1 aromatic carbocycles. The van der Waals surface area contributed by atoms with E-state index in [2.05, 4.69) is 18.2 Å². The number of amides is 1. The van der Waals surface area contributed by atoms with E-state index < -0.39 is 0 Å². The van der Waals surface area contributed by atoms with Gasteiger partial charge in [-0.2, -0.15) is 0 Å². The Hall–Kier alpha value is -1.35. The molecule has 3 heteroatoms. The number of aliphatic hydroxyl groups excluding tert-OH is 1. The van der Waals surface area contributed by atoms with E-state index in [1.165, 1.54) is 11.1 Å². The molecule has 1 amide bonds. The zero-order chi connectivity index (χ0) is 11.5. The van der Waals surface area contributed by atoms with Crippen molar-refractivity contribution < 1.29 is 9.90 Å². The third kappa shape index (κ3) is 2.09. The molecule has 0 unspecified atom stereocenters. The smallest absolute Gasteiger partial charge is 0.223 e. The highest BCUT2D eigenvalue weighted by Gasteiger charge is 2.21. The normalized spacial score (nSPS) is 14.0. The Labute approximate surface area is 95.7 Å². The summed E-state index contributed by atoms with van der Waals surface area (Å²) in [5.74, 6) is 0.109. The Balaban J connectivity index is 2.23. The van der Waals surface area contributed by atoms with E-state index in [0.717, 1.165) is 31.5 Å². The molecule has 0 spiro atoms. The SMILES string of the molecule is CC(=O)N1CCc2ccc(CCCO)cc21. The van der Waals surface area contributed by atoms with Crippen LogP contribution in [-0.4, -0.2) is 24.2 Å². The molecule has 3 nitrogen and oxygen atoms in total. The van der Waals surface area contributed by atoms with Gasteiger partial charge in [-0.3, -0.25) is 4.79 Å². The first-order valence-corrected chi connectivity index (χ1v) is 5.73. The van der Waals surface area contributed by atoms with Crippen LogP contribution >= 0.6 is 0 Å². The largest absolute Gasteiger partial charge is 0.396 e. The van der Waals surface area contributed by atoms with Crippen LogP contribution in [0.2, 0.25) is 0 Å². The van der Waals surface area contributed by atoms with Crippen LogP contribution in [0, 0.1) is 0 Å². The highest BCUT2D eigenvalue weighted by molar-refractivity contribution is 5.93. The standard InChI is InChI=1S/C13H17NO2/c1-10(16)14-7-6-12-5-4-11(3-2-8-15)9-13(12)14/h4-5,9,15H,2-3,6-8H2,1H3. The van der Waals surface area contributed by atoms with Crippen molar-refractivity contribution in [3.05, 3.63) is 29.3 Å². The second-order valence-corrected chi connectivity index (χ2v) is 4.21. The van der Waals surface area contributed by atoms with Crippen molar-refractivity contribution in [2.24, 2.45) is 0 Å². The molecule has 1 N–H and O–H groups in total. The Kier molecular flexibility index (Phi) is 3.25. The van der Waals surface area contributed by atoms with E-state index in [0.29, 0.717) is 0 Å². The van der Waals surface area contributed by atoms with Gasteiger partial charge >= 0.3 is 0 Å². The average molecular weight is 219 g/mol. The first kappa shape index (κ1) is 11.1. The Morgan fingerprint density at radius 3 is 3.00 bits per heavy atom. The van der Waals surface area contributed by atoms with Gasteiger partial charge in [0.2, 0.25) is 5.91 Å². The van der Waals surface area contributed by atoms with Crippen molar-refractivity contribution in [2.75, 3.05) is 18.1 Å². The van der Waals surface area contributed by atoms with Crippen molar-refractivity contribution in [3.63, 3.8) is 0 Å². The Morgan fingerprint density at radius 1 is 1.50 bits per heavy atom. The molecule has 0 atom stereocenters. The molecule has 0 saturated heterocycles. The average Bonchev–Trinajstić information content (AvgIpc) is 2.69. The molecule has 0 radical (unpaired) electrons. The van der Waals surface area contributed by atoms with Crippen LogP contribution in [0.4, 0.5) is 5.69 Å². The fraction of sp³-hybridized carbons (Fsp3) is 0.462. The van der Waals surface area contributed by atoms with E-state index >= 15 is 0 Å². The summed E-state index contributed by atoms with van der Waals surface area (Å²) >= 11 is 0. The number of carbonyl (C=O) groups excluding carboxylic acids is 1. The van der Waals surface area contributed by atoms with Crippen molar-refractivity contribution >= 4 is 11.6 Å². The molecule has 0 fully saturated rings. The number of hydrogen-bond donors (Lipinski definition) is 1. The number of hydrogen-bond acceptors (Lipinski definition) is 2. The zero-order valence-corrected chi connectivity index (χ0v) is 9.57. The van der Waals surface area contributed by atoms with Gasteiger partial charge in [-0.1, -0.05) is 12.1 Å². The Morgan fingerprint density at radius 2 is 2.31 bits per heavy atom. The minimum atomic E-state index is 0.109. The van der Waals surface area contributed by atoms with Crippen LogP contribution in [0.15, 0.2) is 18.2 Å². The number of carbonyl (C=O) groups is 1. The van der Waals surface area contributed by atoms with E-state index in [-0.39, 0.29) is 12.5 Å². The molecular weight excluding hydrogens is 202 g/mol. The van der Waals surface area contributed by atoms with Crippen LogP contribution in [0.3, 0.4) is 0 Å². The molecule has 2 rings (SSSR count). The summed E-state index contributed by atoms with van der Waals surface area (Å²) in [5, 5.41) is 8.80. The summed E-state index contributed by atoms with van der Waals surface area (Å²) in [6.07, 6.45) is 2.60. The molecule has 1 aliphatic rings. The van der Waals surface area contributed by atoms with Gasteiger partial charge in [0.25, 0.3) is 0 Å². The third-order valence-electron chi connectivity index (χ3n) is 3.05. The lowest BCUT2D eigenvalue weighted by molar-refractivity contribution is -0.116. The summed E-state index contributed by atoms with van der Waals surface area (Å²) in [5.41, 5.74) is 3.51. The molecule has 0 aromatic heterocycles. The van der Waals surface area contributed by atoms with Crippen LogP contribution < -0.4 is 4.90 Å². The number of aryl methyl sites for hydroxylation is 1. The van der Waals surface area contributed by atoms with Crippen LogP contribution in [0.5, 0.6) is 0 Å². The van der Waals surface area contributed by atoms with Crippen LogP contribution in [-0.2, 0) is 17.6 Å². The van der Waals surface area contributed by atoms with E-state index in [4.69, 9.17) is 5.11 Å². The summed E-state index contributed by atoms with van der Waals surface area (Å²) in [6.45, 7) is 2.62. The van der Waals surface area contributed by atoms with Crippen LogP contribution in [0.25, 0.3) is 0 Å². The lowest BCUT2D eigenvalue weighted by Gasteiger charge is -2.15. The lowest BCUT2D eigenvalue weighted by atomic mass is 10.1. The molecule has 1 heterocycles. The predicted octanol–water partition coefficient (Wildman–Crippen LogP) is 1.52. The maximum absolute atomic E-state index is 11.4. The van der Waals surface area contributed by atoms with Crippen molar-refractivity contribution in [1.82, 2.24) is 0 Å². The van der Waals surface area contributed by atoms with Crippen molar-refractivity contribution in [3.8, 4) is 0 Å². The van der Waals surface area contributed by atoms with Crippen molar-refractivity contribution in [2.45, 2.75) is 26.2 Å². The van der Waals surface area contributed by atoms with E-state index in [1.807, 2.05) is 4.90 Å².